The van der Waals surface area contributed by atoms with Crippen molar-refractivity contribution in [2.75, 3.05) is 6.61 Å². The summed E-state index contributed by atoms with van der Waals surface area (Å²) in [6.07, 6.45) is 8.43. The highest BCUT2D eigenvalue weighted by Crippen LogP contribution is 2.44. The molecule has 3 N–H and O–H groups in total. The molecule has 1 aromatic rings. The van der Waals surface area contributed by atoms with Gasteiger partial charge in [0, 0.05) is 5.56 Å². The molecule has 2 saturated carbocycles. The highest BCUT2D eigenvalue weighted by Gasteiger charge is 2.32. The normalized spacial score (nSPS) is 17.6. The molecule has 2 fully saturated rings. The summed E-state index contributed by atoms with van der Waals surface area (Å²) in [5, 5.41) is 6.88. The van der Waals surface area contributed by atoms with Crippen molar-refractivity contribution in [3.63, 3.8) is 0 Å². The molecule has 2 aliphatic rings. The minimum atomic E-state index is -0.781. The molecule has 0 aromatic carbocycles. The van der Waals surface area contributed by atoms with Gasteiger partial charge >= 0.3 is 0 Å². The second-order valence-corrected chi connectivity index (χ2v) is 8.88. The van der Waals surface area contributed by atoms with Crippen LogP contribution in [0.2, 0.25) is 0 Å². The van der Waals surface area contributed by atoms with Crippen molar-refractivity contribution in [1.29, 1.82) is 0 Å². The van der Waals surface area contributed by atoms with Gasteiger partial charge in [-0.05, 0) is 76.9 Å². The van der Waals surface area contributed by atoms with Gasteiger partial charge in [-0.2, -0.15) is 0 Å². The third kappa shape index (κ3) is 6.21. The summed E-state index contributed by atoms with van der Waals surface area (Å²) in [5.74, 6) is 2.32. The van der Waals surface area contributed by atoms with Crippen LogP contribution in [-0.4, -0.2) is 28.9 Å². The first-order chi connectivity index (χ1) is 14.3. The second-order valence-electron chi connectivity index (χ2n) is 8.88. The summed E-state index contributed by atoms with van der Waals surface area (Å²) in [6, 6.07) is 3.77. The molecule has 30 heavy (non-hydrogen) atoms. The lowest BCUT2D eigenvalue weighted by atomic mass is 10.0. The van der Waals surface area contributed by atoms with E-state index in [-0.39, 0.29) is 5.91 Å². The van der Waals surface area contributed by atoms with Crippen LogP contribution in [0.15, 0.2) is 29.1 Å². The van der Waals surface area contributed by atoms with E-state index in [0.717, 1.165) is 31.2 Å². The van der Waals surface area contributed by atoms with E-state index in [1.165, 1.54) is 12.8 Å². The molecule has 164 valence electrons. The number of ether oxygens (including phenoxy) is 1. The van der Waals surface area contributed by atoms with Gasteiger partial charge in [-0.25, -0.2) is 4.98 Å². The molecule has 3 rings (SSSR count). The van der Waals surface area contributed by atoms with E-state index in [1.54, 1.807) is 13.0 Å². The van der Waals surface area contributed by atoms with Crippen LogP contribution in [-0.2, 0) is 4.84 Å². The summed E-state index contributed by atoms with van der Waals surface area (Å²) in [5.41, 5.74) is 6.28. The number of amidine groups is 1. The Morgan fingerprint density at radius 3 is 2.67 bits per heavy atom. The number of unbranched alkanes of at least 4 members (excludes halogenated alkanes) is 1. The van der Waals surface area contributed by atoms with Crippen molar-refractivity contribution in [3.05, 3.63) is 35.2 Å². The Morgan fingerprint density at radius 2 is 2.07 bits per heavy atom. The predicted molar refractivity (Wildman–Crippen MR) is 117 cm³/mol. The molecular formula is C23H34N4O3. The lowest BCUT2D eigenvalue weighted by molar-refractivity contribution is 0.0876. The fourth-order valence-corrected chi connectivity index (χ4v) is 3.09. The van der Waals surface area contributed by atoms with Crippen LogP contribution in [0.25, 0.3) is 0 Å². The summed E-state index contributed by atoms with van der Waals surface area (Å²) in [7, 11) is 0. The number of hydrogen-bond donors (Lipinski definition) is 2. The van der Waals surface area contributed by atoms with Gasteiger partial charge in [-0.15, -0.1) is 0 Å². The Morgan fingerprint density at radius 1 is 1.33 bits per heavy atom. The number of amides is 1. The van der Waals surface area contributed by atoms with E-state index in [2.05, 4.69) is 22.4 Å². The van der Waals surface area contributed by atoms with E-state index in [4.69, 9.17) is 15.3 Å². The van der Waals surface area contributed by atoms with Crippen LogP contribution in [0.4, 0.5) is 0 Å². The molecule has 7 heteroatoms. The van der Waals surface area contributed by atoms with Gasteiger partial charge in [0.05, 0.1) is 12.1 Å². The second kappa shape index (κ2) is 9.49. The minimum absolute atomic E-state index is 0.280. The average Bonchev–Trinajstić information content (AvgIpc) is 3.59. The SMILES string of the molecule is CCC/C=C(/O/N=C(\C)N)C(C)(C)NC(=O)c1ccc(C2CC2)c(OCC2CC2)n1. The summed E-state index contributed by atoms with van der Waals surface area (Å²) >= 11 is 0. The largest absolute Gasteiger partial charge is 0.477 e. The van der Waals surface area contributed by atoms with Gasteiger partial charge in [0.1, 0.15) is 11.5 Å². The Bertz CT molecular complexity index is 820. The maximum atomic E-state index is 13.0. The molecule has 0 spiro atoms. The number of rotatable bonds is 11. The summed E-state index contributed by atoms with van der Waals surface area (Å²) in [6.45, 7) is 8.15. The number of oxime groups is 1. The molecule has 7 nitrogen and oxygen atoms in total. The zero-order valence-corrected chi connectivity index (χ0v) is 18.5. The Hall–Kier alpha value is -2.57. The van der Waals surface area contributed by atoms with Crippen molar-refractivity contribution in [2.24, 2.45) is 16.8 Å². The monoisotopic (exact) mass is 414 g/mol. The molecule has 0 aliphatic heterocycles. The van der Waals surface area contributed by atoms with Gasteiger partial charge in [0.25, 0.3) is 5.91 Å². The maximum absolute atomic E-state index is 13.0. The van der Waals surface area contributed by atoms with Crippen molar-refractivity contribution in [1.82, 2.24) is 10.3 Å². The number of nitrogens with zero attached hydrogens (tertiary/aromatic N) is 2. The highest BCUT2D eigenvalue weighted by atomic mass is 16.6. The molecule has 0 saturated heterocycles. The topological polar surface area (TPSA) is 98.8 Å². The van der Waals surface area contributed by atoms with Crippen LogP contribution in [0.5, 0.6) is 5.88 Å². The van der Waals surface area contributed by atoms with E-state index in [0.29, 0.717) is 41.6 Å². The maximum Gasteiger partial charge on any atom is 0.270 e. The van der Waals surface area contributed by atoms with Crippen LogP contribution in [0.1, 0.15) is 88.2 Å². The first-order valence-electron chi connectivity index (χ1n) is 10.9. The predicted octanol–water partition coefficient (Wildman–Crippen LogP) is 4.25. The van der Waals surface area contributed by atoms with Gasteiger partial charge in [-0.3, -0.25) is 4.79 Å². The Balaban J connectivity index is 1.75. The summed E-state index contributed by atoms with van der Waals surface area (Å²) in [4.78, 5) is 23.1. The molecule has 1 heterocycles. The highest BCUT2D eigenvalue weighted by molar-refractivity contribution is 5.93. The van der Waals surface area contributed by atoms with Gasteiger partial charge in [0.15, 0.2) is 5.76 Å². The quantitative estimate of drug-likeness (QED) is 0.244. The molecule has 0 atom stereocenters. The third-order valence-electron chi connectivity index (χ3n) is 5.24. The number of carbonyl (C=O) groups excluding carboxylic acids is 1. The molecule has 1 aromatic heterocycles. The van der Waals surface area contributed by atoms with E-state index in [1.807, 2.05) is 26.0 Å². The van der Waals surface area contributed by atoms with E-state index in [9.17, 15) is 4.79 Å². The summed E-state index contributed by atoms with van der Waals surface area (Å²) < 4.78 is 5.99. The van der Waals surface area contributed by atoms with E-state index >= 15 is 0 Å². The fraction of sp³-hybridized carbons (Fsp3) is 0.609. The van der Waals surface area contributed by atoms with Gasteiger partial charge < -0.3 is 20.6 Å². The average molecular weight is 415 g/mol. The molecule has 0 radical (unpaired) electrons. The van der Waals surface area contributed by atoms with E-state index < -0.39 is 5.54 Å². The molecule has 1 amide bonds. The molecule has 0 unspecified atom stereocenters. The number of aromatic nitrogens is 1. The molecule has 0 bridgehead atoms. The lowest BCUT2D eigenvalue weighted by Crippen LogP contribution is -2.45. The van der Waals surface area contributed by atoms with Crippen LogP contribution in [0.3, 0.4) is 0 Å². The minimum Gasteiger partial charge on any atom is -0.477 e. The van der Waals surface area contributed by atoms with Crippen molar-refractivity contribution in [3.8, 4) is 5.88 Å². The van der Waals surface area contributed by atoms with Crippen LogP contribution < -0.4 is 15.8 Å². The molecule has 2 aliphatic carbocycles. The molecular weight excluding hydrogens is 380 g/mol. The van der Waals surface area contributed by atoms with Crippen molar-refractivity contribution in [2.45, 2.75) is 77.7 Å². The number of nitrogens with one attached hydrogen (secondary N) is 1. The first kappa shape index (κ1) is 22.1. The number of carbonyl (C=O) groups is 1. The first-order valence-corrected chi connectivity index (χ1v) is 10.9. The number of allylic oxidation sites excluding steroid dienone is 1. The zero-order chi connectivity index (χ0) is 21.7. The smallest absolute Gasteiger partial charge is 0.270 e. The number of nitrogens with two attached hydrogens (primary N) is 1. The van der Waals surface area contributed by atoms with Gasteiger partial charge in [-0.1, -0.05) is 24.6 Å². The Labute approximate surface area is 179 Å². The fourth-order valence-electron chi connectivity index (χ4n) is 3.09. The van der Waals surface area contributed by atoms with Crippen molar-refractivity contribution >= 4 is 11.7 Å². The third-order valence-corrected chi connectivity index (χ3v) is 5.24. The zero-order valence-electron chi connectivity index (χ0n) is 18.5. The van der Waals surface area contributed by atoms with Crippen LogP contribution in [0, 0.1) is 5.92 Å². The lowest BCUT2D eigenvalue weighted by Gasteiger charge is -2.27. The van der Waals surface area contributed by atoms with Crippen molar-refractivity contribution < 1.29 is 14.4 Å². The number of hydrogen-bond acceptors (Lipinski definition) is 5. The standard InChI is InChI=1S/C23H34N4O3/c1-5-6-7-20(30-27-15(2)24)23(3,4)26-21(28)19-13-12-18(17-10-11-17)22(25-19)29-14-16-8-9-16/h7,12-13,16-17H,5-6,8-11,14H2,1-4H3,(H2,24,27)(H,26,28)/b20-7+. The number of pyridine rings is 1. The van der Waals surface area contributed by atoms with Gasteiger partial charge in [0.2, 0.25) is 5.88 Å². The van der Waals surface area contributed by atoms with Crippen LogP contribution >= 0.6 is 0 Å². The Kier molecular flexibility index (Phi) is 7.00.